The van der Waals surface area contributed by atoms with Crippen molar-refractivity contribution in [1.29, 1.82) is 0 Å². The summed E-state index contributed by atoms with van der Waals surface area (Å²) in [5, 5.41) is 111. The van der Waals surface area contributed by atoms with E-state index in [1.165, 1.54) is 6.07 Å². The molecule has 0 unspecified atom stereocenters. The molecule has 5 aliphatic heterocycles. The van der Waals surface area contributed by atoms with Gasteiger partial charge in [0, 0.05) is 49.5 Å². The molecule has 0 aliphatic carbocycles. The Kier molecular flexibility index (Phi) is 21.8. The molecule has 72 heavy (non-hydrogen) atoms. The summed E-state index contributed by atoms with van der Waals surface area (Å²) in [4.78, 5) is 61.6. The minimum absolute atomic E-state index is 0.0802. The van der Waals surface area contributed by atoms with E-state index in [4.69, 9.17) is 33.2 Å². The molecule has 5 fully saturated rings. The zero-order chi connectivity index (χ0) is 52.1. The van der Waals surface area contributed by atoms with E-state index in [1.807, 2.05) is 11.8 Å². The third-order valence-corrected chi connectivity index (χ3v) is 14.2. The number of fused-ring (bicyclic) bond motifs is 1. The van der Waals surface area contributed by atoms with Gasteiger partial charge < -0.3 is 111 Å². The molecule has 28 heteroatoms. The van der Waals surface area contributed by atoms with Gasteiger partial charge in [-0.2, -0.15) is 11.8 Å². The molecular formula is C44H68N6O21S. The highest BCUT2D eigenvalue weighted by Crippen LogP contribution is 2.35. The number of benzene rings is 1. The average Bonchev–Trinajstić information content (AvgIpc) is 3.93. The molecule has 5 aliphatic rings. The predicted molar refractivity (Wildman–Crippen MR) is 245 cm³/mol. The summed E-state index contributed by atoms with van der Waals surface area (Å²) < 4.78 is 39.7. The number of carbonyl (C=O) groups is 5. The van der Waals surface area contributed by atoms with Crippen molar-refractivity contribution in [2.24, 2.45) is 0 Å². The van der Waals surface area contributed by atoms with E-state index in [0.717, 1.165) is 25.5 Å². The van der Waals surface area contributed by atoms with Gasteiger partial charge in [-0.1, -0.05) is 12.5 Å². The van der Waals surface area contributed by atoms with Crippen LogP contribution >= 0.6 is 11.8 Å². The van der Waals surface area contributed by atoms with Gasteiger partial charge in [-0.05, 0) is 37.5 Å². The molecule has 406 valence electrons. The fourth-order valence-corrected chi connectivity index (χ4v) is 10.4. The lowest BCUT2D eigenvalue weighted by Crippen LogP contribution is -2.68. The van der Waals surface area contributed by atoms with Crippen molar-refractivity contribution in [3.8, 4) is 5.75 Å². The lowest BCUT2D eigenvalue weighted by molar-refractivity contribution is -0.376. The molecule has 0 radical (unpaired) electrons. The van der Waals surface area contributed by atoms with Crippen LogP contribution in [0.15, 0.2) is 24.3 Å². The molecule has 1 aromatic carbocycles. The first-order valence-corrected chi connectivity index (χ1v) is 24.9. The summed E-state index contributed by atoms with van der Waals surface area (Å²) in [7, 11) is 0. The number of hydrogen-bond acceptors (Lipinski definition) is 22. The molecule has 27 nitrogen and oxygen atoms in total. The van der Waals surface area contributed by atoms with Crippen LogP contribution in [0.1, 0.15) is 49.4 Å². The van der Waals surface area contributed by atoms with E-state index in [-0.39, 0.29) is 68.0 Å². The van der Waals surface area contributed by atoms with Crippen LogP contribution in [-0.4, -0.2) is 243 Å². The molecule has 0 bridgehead atoms. The van der Waals surface area contributed by atoms with Crippen molar-refractivity contribution in [3.05, 3.63) is 29.8 Å². The summed E-state index contributed by atoms with van der Waals surface area (Å²) >= 11 is 1.83. The Hall–Kier alpha value is -4.08. The number of thioether (sulfide) groups is 1. The molecular weight excluding hydrogens is 981 g/mol. The maximum absolute atomic E-state index is 12.8. The maximum atomic E-state index is 12.8. The van der Waals surface area contributed by atoms with Gasteiger partial charge in [0.05, 0.1) is 38.5 Å². The van der Waals surface area contributed by atoms with Gasteiger partial charge in [0.2, 0.25) is 11.8 Å². The zero-order valence-electron chi connectivity index (χ0n) is 39.4. The molecule has 0 spiro atoms. The molecule has 15 N–H and O–H groups in total. The highest BCUT2D eigenvalue weighted by Gasteiger charge is 2.54. The topological polar surface area (TPSA) is 404 Å². The largest absolute Gasteiger partial charge is 0.484 e. The van der Waals surface area contributed by atoms with Crippen LogP contribution in [0, 0.1) is 0 Å². The first-order valence-electron chi connectivity index (χ1n) is 23.8. The number of unbranched alkanes of at least 4 members (excludes halogenated alkanes) is 1. The number of rotatable bonds is 25. The van der Waals surface area contributed by atoms with E-state index in [9.17, 15) is 69.9 Å². The minimum atomic E-state index is -1.98. The van der Waals surface area contributed by atoms with Crippen LogP contribution in [0.4, 0.5) is 4.79 Å². The van der Waals surface area contributed by atoms with Crippen LogP contribution in [0.5, 0.6) is 5.75 Å². The molecule has 0 saturated carbocycles. The third-order valence-electron chi connectivity index (χ3n) is 12.7. The van der Waals surface area contributed by atoms with Crippen molar-refractivity contribution >= 4 is 41.4 Å². The fourth-order valence-electron chi connectivity index (χ4n) is 8.85. The molecule has 5 saturated heterocycles. The van der Waals surface area contributed by atoms with E-state index in [0.29, 0.717) is 18.1 Å². The monoisotopic (exact) mass is 1050 g/mol. The van der Waals surface area contributed by atoms with Crippen LogP contribution in [0.2, 0.25) is 0 Å². The maximum Gasteiger partial charge on any atom is 0.315 e. The number of carbonyl (C=O) groups excluding carboxylic acids is 5. The number of urea groups is 1. The molecule has 6 rings (SSSR count). The first kappa shape index (κ1) is 57.2. The van der Waals surface area contributed by atoms with E-state index in [2.05, 4.69) is 31.9 Å². The second kappa shape index (κ2) is 27.5. The lowest BCUT2D eigenvalue weighted by Gasteiger charge is -2.48. The number of hydrogen-bond donors (Lipinski definition) is 15. The highest BCUT2D eigenvalue weighted by molar-refractivity contribution is 8.00. The normalized spacial score (nSPS) is 35.3. The van der Waals surface area contributed by atoms with Crippen molar-refractivity contribution < 1.29 is 103 Å². The smallest absolute Gasteiger partial charge is 0.315 e. The molecule has 18 atom stereocenters. The molecule has 5 heterocycles. The number of amides is 6. The Bertz CT molecular complexity index is 1950. The Morgan fingerprint density at radius 3 is 2.11 bits per heavy atom. The van der Waals surface area contributed by atoms with Crippen LogP contribution in [0.3, 0.4) is 0 Å². The Balaban J connectivity index is 0.892. The van der Waals surface area contributed by atoms with Crippen molar-refractivity contribution in [2.75, 3.05) is 58.4 Å². The van der Waals surface area contributed by atoms with Gasteiger partial charge in [0.25, 0.3) is 11.8 Å². The molecule has 0 aromatic heterocycles. The quantitative estimate of drug-likeness (QED) is 0.0320. The average molecular weight is 1050 g/mol. The number of nitrogens with one attached hydrogen (secondary N) is 6. The molecule has 1 aromatic rings. The van der Waals surface area contributed by atoms with Gasteiger partial charge in [0.1, 0.15) is 78.9 Å². The Morgan fingerprint density at radius 1 is 0.722 bits per heavy atom. The minimum Gasteiger partial charge on any atom is -0.484 e. The Morgan fingerprint density at radius 2 is 1.39 bits per heavy atom. The summed E-state index contributed by atoms with van der Waals surface area (Å²) in [5.41, 5.74) is 0.273. The van der Waals surface area contributed by atoms with Crippen LogP contribution in [0.25, 0.3) is 0 Å². The highest BCUT2D eigenvalue weighted by atomic mass is 32.2. The fraction of sp³-hybridized carbons (Fsp3) is 0.750. The predicted octanol–water partition coefficient (Wildman–Crippen LogP) is -6.25. The summed E-state index contributed by atoms with van der Waals surface area (Å²) in [6, 6.07) is 5.01. The van der Waals surface area contributed by atoms with Crippen molar-refractivity contribution in [1.82, 2.24) is 31.9 Å². The number of aliphatic hydroxyl groups excluding tert-OH is 9. The zero-order valence-corrected chi connectivity index (χ0v) is 40.2. The number of aliphatic hydroxyl groups is 9. The van der Waals surface area contributed by atoms with Gasteiger partial charge in [-0.15, -0.1) is 0 Å². The second-order valence-electron chi connectivity index (χ2n) is 17.9. The number of ether oxygens (including phenoxy) is 7. The van der Waals surface area contributed by atoms with Gasteiger partial charge in [-0.25, -0.2) is 4.79 Å². The standard InChI is InChI=1S/C44H68N6O21S/c1-20(54)48-31-34(59)38(70-43-37(62)39(33(58)25(16-52)68-43)71-42-36(61)35(60)32(57)24(15-51)67-42)26(17-53)69-41(31)65-13-5-10-45-29(56)18-66-22-7-4-6-21(14-22)40(63)47-12-11-46-28(55)9-3-2-8-27-30-23(19-72-27)49-44(64)50-30/h4,6-7,14,23-27,30-39,41-43,51-53,57-62H,2-3,5,8-13,15-19H2,1H3,(H,45,56)(H,46,55)(H,47,63)(H,48,54)(H2,49,50,64)/t23-,24+,25+,26+,27-,30-,31+,32-,33-,34+,35-,36+,37+,38+,39-,41+,42+,43-/m0/s1. The Labute approximate surface area is 417 Å². The van der Waals surface area contributed by atoms with Crippen molar-refractivity contribution in [3.63, 3.8) is 0 Å². The van der Waals surface area contributed by atoms with E-state index >= 15 is 0 Å². The second-order valence-corrected chi connectivity index (χ2v) is 19.2. The SMILES string of the molecule is CC(=O)N[C@H]1[C@H](OCCCNC(=O)COc2cccc(C(=O)NCCNC(=O)CCCC[C@@H]3SC[C@@H]4NC(=O)N[C@@H]43)c2)O[C@H](CO)[C@@H](O[C@@H]2O[C@H](CO)[C@H](O)[C@H](O[C@H]3O[C@H](CO)[C@H](O)[C@H](O)[C@H]3O)[C@H]2O)[C@@H]1O. The van der Waals surface area contributed by atoms with Crippen LogP contribution < -0.4 is 36.6 Å². The van der Waals surface area contributed by atoms with Gasteiger partial charge in [-0.3, -0.25) is 19.2 Å². The van der Waals surface area contributed by atoms with Gasteiger partial charge >= 0.3 is 6.03 Å². The molecule has 6 amide bonds. The first-order chi connectivity index (χ1) is 34.5. The lowest BCUT2D eigenvalue weighted by atomic mass is 9.95. The summed E-state index contributed by atoms with van der Waals surface area (Å²) in [5.74, 6) is -0.525. The van der Waals surface area contributed by atoms with Crippen LogP contribution in [-0.2, 0) is 42.8 Å². The van der Waals surface area contributed by atoms with Gasteiger partial charge in [0.15, 0.2) is 25.5 Å². The summed E-state index contributed by atoms with van der Waals surface area (Å²) in [6.45, 7) is -1.31. The van der Waals surface area contributed by atoms with E-state index < -0.39 is 136 Å². The van der Waals surface area contributed by atoms with Crippen molar-refractivity contribution in [2.45, 2.75) is 148 Å². The summed E-state index contributed by atoms with van der Waals surface area (Å²) in [6.07, 6.45) is -20.8. The third kappa shape index (κ3) is 15.0. The van der Waals surface area contributed by atoms with E-state index in [1.54, 1.807) is 18.2 Å².